The number of hydrogen-bond donors (Lipinski definition) is 1. The van der Waals surface area contributed by atoms with Gasteiger partial charge in [-0.2, -0.15) is 0 Å². The summed E-state index contributed by atoms with van der Waals surface area (Å²) in [6.07, 6.45) is 2.36. The van der Waals surface area contributed by atoms with Gasteiger partial charge in [0.25, 0.3) is 0 Å². The van der Waals surface area contributed by atoms with Crippen molar-refractivity contribution < 1.29 is 9.47 Å². The van der Waals surface area contributed by atoms with Crippen LogP contribution in [0.1, 0.15) is 18.7 Å². The first-order valence-electron chi connectivity index (χ1n) is 7.81. The van der Waals surface area contributed by atoms with Crippen LogP contribution >= 0.6 is 11.8 Å². The van der Waals surface area contributed by atoms with Crippen molar-refractivity contribution in [2.75, 3.05) is 26.1 Å². The molecule has 23 heavy (non-hydrogen) atoms. The minimum atomic E-state index is 0.353. The maximum atomic E-state index is 5.82. The van der Waals surface area contributed by atoms with Gasteiger partial charge >= 0.3 is 0 Å². The maximum absolute atomic E-state index is 5.82. The number of nitrogens with two attached hydrogens (primary N) is 1. The van der Waals surface area contributed by atoms with Crippen LogP contribution in [0.5, 0.6) is 5.75 Å². The average Bonchev–Trinajstić information content (AvgIpc) is 3.04. The third-order valence-corrected chi connectivity index (χ3v) is 5.08. The number of ether oxygens (including phenoxy) is 2. The summed E-state index contributed by atoms with van der Waals surface area (Å²) in [5.41, 5.74) is 6.82. The number of methoxy groups -OCH3 is 1. The zero-order valence-electron chi connectivity index (χ0n) is 13.3. The lowest BCUT2D eigenvalue weighted by molar-refractivity contribution is 0.0632. The Morgan fingerprint density at radius 1 is 1.35 bits per heavy atom. The molecule has 0 radical (unpaired) electrons. The highest BCUT2D eigenvalue weighted by atomic mass is 32.2. The van der Waals surface area contributed by atoms with Gasteiger partial charge in [-0.25, -0.2) is 0 Å². The van der Waals surface area contributed by atoms with Crippen LogP contribution in [0.2, 0.25) is 0 Å². The van der Waals surface area contributed by atoms with Crippen LogP contribution in [-0.2, 0) is 11.3 Å². The molecule has 7 heteroatoms. The summed E-state index contributed by atoms with van der Waals surface area (Å²) in [4.78, 5) is 0. The highest BCUT2D eigenvalue weighted by Crippen LogP contribution is 2.27. The number of nitrogens with zero attached hydrogens (tertiary/aromatic N) is 3. The lowest BCUT2D eigenvalue weighted by Gasteiger charge is -2.21. The Bertz CT molecular complexity index is 624. The van der Waals surface area contributed by atoms with Gasteiger partial charge in [0.05, 0.1) is 20.3 Å². The molecule has 3 rings (SSSR count). The summed E-state index contributed by atoms with van der Waals surface area (Å²) in [7, 11) is 1.66. The summed E-state index contributed by atoms with van der Waals surface area (Å²) in [6.45, 7) is 2.08. The van der Waals surface area contributed by atoms with Gasteiger partial charge in [0.15, 0.2) is 11.0 Å². The molecule has 1 atom stereocenters. The predicted molar refractivity (Wildman–Crippen MR) is 90.1 cm³/mol. The van der Waals surface area contributed by atoms with Crippen LogP contribution in [0.15, 0.2) is 29.4 Å². The predicted octanol–water partition coefficient (Wildman–Crippen LogP) is 2.25. The van der Waals surface area contributed by atoms with E-state index in [1.807, 2.05) is 28.8 Å². The van der Waals surface area contributed by atoms with Gasteiger partial charge in [-0.05, 0) is 43.0 Å². The normalized spacial score (nSPS) is 18.1. The van der Waals surface area contributed by atoms with Crippen molar-refractivity contribution >= 4 is 11.8 Å². The molecule has 0 saturated carbocycles. The van der Waals surface area contributed by atoms with Gasteiger partial charge in [0.2, 0.25) is 0 Å². The Morgan fingerprint density at radius 2 is 2.17 bits per heavy atom. The van der Waals surface area contributed by atoms with Crippen LogP contribution in [0, 0.1) is 5.92 Å². The molecule has 124 valence electrons. The van der Waals surface area contributed by atoms with E-state index in [0.717, 1.165) is 47.8 Å². The fourth-order valence-electron chi connectivity index (χ4n) is 2.65. The first-order valence-corrected chi connectivity index (χ1v) is 8.79. The van der Waals surface area contributed by atoms with Crippen molar-refractivity contribution in [3.05, 3.63) is 30.1 Å². The van der Waals surface area contributed by atoms with Crippen molar-refractivity contribution in [1.82, 2.24) is 14.8 Å². The molecule has 0 amide bonds. The number of hydrogen-bond acceptors (Lipinski definition) is 6. The first kappa shape index (κ1) is 16.3. The zero-order chi connectivity index (χ0) is 16.1. The Morgan fingerprint density at radius 3 is 2.83 bits per heavy atom. The third-order valence-electron chi connectivity index (χ3n) is 3.92. The average molecular weight is 334 g/mol. The largest absolute Gasteiger partial charge is 0.497 e. The molecule has 1 aromatic heterocycles. The Balaban J connectivity index is 1.78. The minimum absolute atomic E-state index is 0.353. The molecule has 2 heterocycles. The van der Waals surface area contributed by atoms with E-state index in [2.05, 4.69) is 10.2 Å². The van der Waals surface area contributed by atoms with Crippen LogP contribution < -0.4 is 10.5 Å². The molecular weight excluding hydrogens is 312 g/mol. The molecular formula is C16H22N4O2S. The van der Waals surface area contributed by atoms with Crippen molar-refractivity contribution in [3.8, 4) is 11.4 Å². The Hall–Kier alpha value is -1.57. The number of rotatable bonds is 6. The standard InChI is InChI=1S/C16H22N4O2S/c1-21-14-6-4-13(5-7-14)20-15(9-17)18-19-16(20)23-11-12-3-2-8-22-10-12/h4-7,12H,2-3,8-11,17H2,1H3/t12-/m0/s1. The van der Waals surface area contributed by atoms with Crippen LogP contribution in [0.25, 0.3) is 5.69 Å². The second-order valence-corrected chi connectivity index (χ2v) is 6.52. The molecule has 0 aliphatic carbocycles. The highest BCUT2D eigenvalue weighted by Gasteiger charge is 2.18. The van der Waals surface area contributed by atoms with E-state index in [1.165, 1.54) is 6.42 Å². The highest BCUT2D eigenvalue weighted by molar-refractivity contribution is 7.99. The molecule has 1 aliphatic rings. The fourth-order valence-corrected chi connectivity index (χ4v) is 3.73. The number of aromatic nitrogens is 3. The number of thioether (sulfide) groups is 1. The molecule has 2 aromatic rings. The van der Waals surface area contributed by atoms with E-state index in [0.29, 0.717) is 12.5 Å². The van der Waals surface area contributed by atoms with Gasteiger partial charge < -0.3 is 15.2 Å². The third kappa shape index (κ3) is 3.85. The van der Waals surface area contributed by atoms with Crippen molar-refractivity contribution in [2.45, 2.75) is 24.5 Å². The van der Waals surface area contributed by atoms with Crippen LogP contribution in [0.3, 0.4) is 0 Å². The topological polar surface area (TPSA) is 75.2 Å². The summed E-state index contributed by atoms with van der Waals surface area (Å²) in [6, 6.07) is 7.85. The van der Waals surface area contributed by atoms with Crippen molar-refractivity contribution in [3.63, 3.8) is 0 Å². The summed E-state index contributed by atoms with van der Waals surface area (Å²) in [5, 5.41) is 9.41. The van der Waals surface area contributed by atoms with E-state index in [9.17, 15) is 0 Å². The monoisotopic (exact) mass is 334 g/mol. The van der Waals surface area contributed by atoms with Crippen molar-refractivity contribution in [2.24, 2.45) is 11.7 Å². The molecule has 2 N–H and O–H groups in total. The first-order chi connectivity index (χ1) is 11.3. The lowest BCUT2D eigenvalue weighted by Crippen LogP contribution is -2.19. The Labute approximate surface area is 140 Å². The molecule has 1 aromatic carbocycles. The summed E-state index contributed by atoms with van der Waals surface area (Å²) in [5.74, 6) is 3.15. The lowest BCUT2D eigenvalue weighted by atomic mass is 10.1. The summed E-state index contributed by atoms with van der Waals surface area (Å²) >= 11 is 1.72. The van der Waals surface area contributed by atoms with Crippen molar-refractivity contribution in [1.29, 1.82) is 0 Å². The Kier molecular flexibility index (Phi) is 5.53. The van der Waals surface area contributed by atoms with Gasteiger partial charge in [-0.1, -0.05) is 11.8 Å². The van der Waals surface area contributed by atoms with Crippen LogP contribution in [0.4, 0.5) is 0 Å². The summed E-state index contributed by atoms with van der Waals surface area (Å²) < 4.78 is 12.8. The van der Waals surface area contributed by atoms with Gasteiger partial charge in [0, 0.05) is 18.0 Å². The molecule has 1 fully saturated rings. The fraction of sp³-hybridized carbons (Fsp3) is 0.500. The van der Waals surface area contributed by atoms with Crippen LogP contribution in [-0.4, -0.2) is 40.8 Å². The smallest absolute Gasteiger partial charge is 0.195 e. The quantitative estimate of drug-likeness (QED) is 0.817. The molecule has 1 saturated heterocycles. The van der Waals surface area contributed by atoms with E-state index >= 15 is 0 Å². The van der Waals surface area contributed by atoms with E-state index in [1.54, 1.807) is 18.9 Å². The van der Waals surface area contributed by atoms with E-state index < -0.39 is 0 Å². The minimum Gasteiger partial charge on any atom is -0.497 e. The maximum Gasteiger partial charge on any atom is 0.195 e. The zero-order valence-corrected chi connectivity index (χ0v) is 14.1. The van der Waals surface area contributed by atoms with Gasteiger partial charge in [0.1, 0.15) is 5.75 Å². The second-order valence-electron chi connectivity index (χ2n) is 5.53. The molecule has 1 aliphatic heterocycles. The van der Waals surface area contributed by atoms with E-state index in [4.69, 9.17) is 15.2 Å². The molecule has 0 spiro atoms. The SMILES string of the molecule is COc1ccc(-n2c(CN)nnc2SC[C@H]2CCCOC2)cc1. The molecule has 6 nitrogen and oxygen atoms in total. The van der Waals surface area contributed by atoms with Gasteiger partial charge in [-0.15, -0.1) is 10.2 Å². The van der Waals surface area contributed by atoms with Gasteiger partial charge in [-0.3, -0.25) is 4.57 Å². The molecule has 0 unspecified atom stereocenters. The number of benzene rings is 1. The second kappa shape index (κ2) is 7.81. The van der Waals surface area contributed by atoms with E-state index in [-0.39, 0.29) is 0 Å². The molecule has 0 bridgehead atoms.